The van der Waals surface area contributed by atoms with Crippen molar-refractivity contribution in [3.63, 3.8) is 0 Å². The Kier molecular flexibility index (Phi) is 4.40. The Morgan fingerprint density at radius 3 is 2.70 bits per heavy atom. The number of benzene rings is 1. The third kappa shape index (κ3) is 3.25. The highest BCUT2D eigenvalue weighted by molar-refractivity contribution is 5.97. The van der Waals surface area contributed by atoms with E-state index in [0.717, 1.165) is 31.9 Å². The zero-order valence-corrected chi connectivity index (χ0v) is 13.1. The molecule has 0 unspecified atom stereocenters. The van der Waals surface area contributed by atoms with Crippen LogP contribution in [0.1, 0.15) is 6.92 Å². The molecule has 0 aliphatic carbocycles. The molecule has 3 rings (SSSR count). The van der Waals surface area contributed by atoms with Gasteiger partial charge in [-0.05, 0) is 25.1 Å². The maximum absolute atomic E-state index is 11.2. The van der Waals surface area contributed by atoms with Gasteiger partial charge in [0.2, 0.25) is 0 Å². The number of hydrogen-bond donors (Lipinski definition) is 1. The van der Waals surface area contributed by atoms with E-state index in [1.165, 1.54) is 0 Å². The van der Waals surface area contributed by atoms with Gasteiger partial charge in [-0.1, -0.05) is 0 Å². The van der Waals surface area contributed by atoms with Gasteiger partial charge in [0, 0.05) is 45.0 Å². The molecular weight excluding hydrogens is 296 g/mol. The van der Waals surface area contributed by atoms with Gasteiger partial charge in [0.25, 0.3) is 5.69 Å². The van der Waals surface area contributed by atoms with Gasteiger partial charge in [-0.2, -0.15) is 0 Å². The maximum Gasteiger partial charge on any atom is 0.278 e. The molecule has 1 saturated heterocycles. The largest absolute Gasteiger partial charge is 0.392 e. The van der Waals surface area contributed by atoms with Crippen molar-refractivity contribution in [1.29, 1.82) is 0 Å². The molecule has 0 spiro atoms. The summed E-state index contributed by atoms with van der Waals surface area (Å²) in [4.78, 5) is 19.6. The Morgan fingerprint density at radius 1 is 1.30 bits per heavy atom. The van der Waals surface area contributed by atoms with Crippen molar-refractivity contribution in [2.24, 2.45) is 0 Å². The van der Waals surface area contributed by atoms with E-state index in [1.807, 2.05) is 0 Å². The minimum atomic E-state index is -0.367. The number of non-ortho nitro benzene ring substituents is 1. The summed E-state index contributed by atoms with van der Waals surface area (Å²) in [5.74, 6) is 0. The molecule has 1 aliphatic heterocycles. The lowest BCUT2D eigenvalue weighted by molar-refractivity contribution is -0.383. The maximum atomic E-state index is 11.2. The molecule has 122 valence electrons. The van der Waals surface area contributed by atoms with E-state index in [2.05, 4.69) is 14.8 Å². The summed E-state index contributed by atoms with van der Waals surface area (Å²) >= 11 is 0. The summed E-state index contributed by atoms with van der Waals surface area (Å²) in [6.07, 6.45) is 1.34. The number of nitro groups is 1. The fraction of sp³-hybridized carbons (Fsp3) is 0.438. The number of nitrogens with zero attached hydrogens (tertiary/aromatic N) is 4. The van der Waals surface area contributed by atoms with Crippen molar-refractivity contribution < 1.29 is 10.0 Å². The van der Waals surface area contributed by atoms with Gasteiger partial charge in [0.1, 0.15) is 5.52 Å². The number of rotatable bonds is 4. The summed E-state index contributed by atoms with van der Waals surface area (Å²) in [5.41, 5.74) is 1.69. The van der Waals surface area contributed by atoms with Crippen LogP contribution in [0.5, 0.6) is 0 Å². The molecule has 1 atom stereocenters. The zero-order chi connectivity index (χ0) is 16.4. The zero-order valence-electron chi connectivity index (χ0n) is 13.1. The lowest BCUT2D eigenvalue weighted by Gasteiger charge is -2.36. The summed E-state index contributed by atoms with van der Waals surface area (Å²) in [6.45, 7) is 5.81. The van der Waals surface area contributed by atoms with Gasteiger partial charge in [-0.25, -0.2) is 0 Å². The monoisotopic (exact) mass is 316 g/mol. The van der Waals surface area contributed by atoms with Crippen molar-refractivity contribution in [3.8, 4) is 0 Å². The van der Waals surface area contributed by atoms with Crippen LogP contribution in [-0.2, 0) is 0 Å². The fourth-order valence-electron chi connectivity index (χ4n) is 3.10. The van der Waals surface area contributed by atoms with E-state index in [-0.39, 0.29) is 16.7 Å². The summed E-state index contributed by atoms with van der Waals surface area (Å²) in [6, 6.07) is 6.81. The first-order chi connectivity index (χ1) is 11.1. The molecule has 7 heteroatoms. The first kappa shape index (κ1) is 15.6. The second kappa shape index (κ2) is 6.47. The van der Waals surface area contributed by atoms with Gasteiger partial charge in [0.05, 0.1) is 22.1 Å². The van der Waals surface area contributed by atoms with Crippen LogP contribution in [0, 0.1) is 10.1 Å². The minimum Gasteiger partial charge on any atom is -0.392 e. The number of aliphatic hydroxyl groups is 1. The third-order valence-electron chi connectivity index (χ3n) is 4.16. The van der Waals surface area contributed by atoms with Crippen LogP contribution >= 0.6 is 0 Å². The van der Waals surface area contributed by atoms with Crippen LogP contribution in [0.25, 0.3) is 10.9 Å². The van der Waals surface area contributed by atoms with E-state index < -0.39 is 0 Å². The molecule has 1 N–H and O–H groups in total. The highest BCUT2D eigenvalue weighted by atomic mass is 16.6. The lowest BCUT2D eigenvalue weighted by Crippen LogP contribution is -2.48. The third-order valence-corrected chi connectivity index (χ3v) is 4.16. The first-order valence-electron chi connectivity index (χ1n) is 7.74. The van der Waals surface area contributed by atoms with Crippen molar-refractivity contribution >= 4 is 22.3 Å². The van der Waals surface area contributed by atoms with Crippen LogP contribution in [0.2, 0.25) is 0 Å². The number of aromatic nitrogens is 1. The summed E-state index contributed by atoms with van der Waals surface area (Å²) in [7, 11) is 0. The predicted molar refractivity (Wildman–Crippen MR) is 88.7 cm³/mol. The van der Waals surface area contributed by atoms with E-state index in [4.69, 9.17) is 0 Å². The Morgan fingerprint density at radius 2 is 2.04 bits per heavy atom. The molecule has 1 aliphatic rings. The molecule has 0 saturated carbocycles. The van der Waals surface area contributed by atoms with Gasteiger partial charge in [-0.15, -0.1) is 0 Å². The molecule has 0 bridgehead atoms. The normalized spacial score (nSPS) is 17.4. The second-order valence-electron chi connectivity index (χ2n) is 5.90. The quantitative estimate of drug-likeness (QED) is 0.682. The molecule has 1 aromatic carbocycles. The number of piperazine rings is 1. The molecule has 1 aromatic heterocycles. The molecule has 23 heavy (non-hydrogen) atoms. The molecular formula is C16H20N4O3. The predicted octanol–water partition coefficient (Wildman–Crippen LogP) is 1.65. The topological polar surface area (TPSA) is 82.7 Å². The van der Waals surface area contributed by atoms with Crippen molar-refractivity contribution in [2.75, 3.05) is 37.6 Å². The average Bonchev–Trinajstić information content (AvgIpc) is 2.54. The van der Waals surface area contributed by atoms with Crippen LogP contribution in [0.4, 0.5) is 11.4 Å². The van der Waals surface area contributed by atoms with Gasteiger partial charge in [0.15, 0.2) is 0 Å². The molecule has 1 fully saturated rings. The number of hydrogen-bond acceptors (Lipinski definition) is 6. The molecule has 2 aromatic rings. The van der Waals surface area contributed by atoms with Crippen molar-refractivity contribution in [3.05, 3.63) is 40.6 Å². The van der Waals surface area contributed by atoms with Crippen LogP contribution in [-0.4, -0.2) is 58.7 Å². The van der Waals surface area contributed by atoms with E-state index in [1.54, 1.807) is 37.4 Å². The number of nitro benzene ring substituents is 1. The molecule has 2 heterocycles. The summed E-state index contributed by atoms with van der Waals surface area (Å²) in [5, 5.41) is 21.2. The molecule has 0 radical (unpaired) electrons. The smallest absolute Gasteiger partial charge is 0.278 e. The van der Waals surface area contributed by atoms with E-state index in [0.29, 0.717) is 17.4 Å². The number of β-amino-alcohol motifs (C(OH)–C–C–N with tert-alkyl or cyclic N) is 1. The number of anilines is 1. The Hall–Kier alpha value is -2.25. The van der Waals surface area contributed by atoms with Crippen LogP contribution < -0.4 is 4.90 Å². The highest BCUT2D eigenvalue weighted by Crippen LogP contribution is 2.32. The number of fused-ring (bicyclic) bond motifs is 1. The number of pyridine rings is 1. The van der Waals surface area contributed by atoms with Crippen molar-refractivity contribution in [2.45, 2.75) is 13.0 Å². The van der Waals surface area contributed by atoms with Crippen LogP contribution in [0.15, 0.2) is 30.5 Å². The Balaban J connectivity index is 1.87. The number of aliphatic hydroxyl groups excluding tert-OH is 1. The lowest BCUT2D eigenvalue weighted by atomic mass is 10.1. The first-order valence-corrected chi connectivity index (χ1v) is 7.74. The van der Waals surface area contributed by atoms with Gasteiger partial charge in [-0.3, -0.25) is 20.0 Å². The Bertz CT molecular complexity index is 712. The molecule has 0 amide bonds. The molecule has 7 nitrogen and oxygen atoms in total. The minimum absolute atomic E-state index is 0.0876. The SMILES string of the molecule is C[C@@H](O)CN1CCN(c2ccc([N+](=O)[O-])c3cccnc23)CC1. The average molecular weight is 316 g/mol. The van der Waals surface area contributed by atoms with Gasteiger partial charge >= 0.3 is 0 Å². The van der Waals surface area contributed by atoms with Crippen molar-refractivity contribution in [1.82, 2.24) is 9.88 Å². The standard InChI is InChI=1S/C16H20N4O3/c1-12(21)11-18-7-9-19(10-8-18)15-5-4-14(20(22)23)13-3-2-6-17-16(13)15/h2-6,12,21H,7-11H2,1H3/t12-/m1/s1. The highest BCUT2D eigenvalue weighted by Gasteiger charge is 2.22. The van der Waals surface area contributed by atoms with E-state index >= 15 is 0 Å². The summed E-state index contributed by atoms with van der Waals surface area (Å²) < 4.78 is 0. The fourth-order valence-corrected chi connectivity index (χ4v) is 3.10. The Labute approximate surface area is 134 Å². The van der Waals surface area contributed by atoms with E-state index in [9.17, 15) is 15.2 Å². The second-order valence-corrected chi connectivity index (χ2v) is 5.90. The van der Waals surface area contributed by atoms with Gasteiger partial charge < -0.3 is 10.0 Å². The van der Waals surface area contributed by atoms with Crippen LogP contribution in [0.3, 0.4) is 0 Å².